The van der Waals surface area contributed by atoms with Gasteiger partial charge < -0.3 is 10.4 Å². The van der Waals surface area contributed by atoms with Crippen molar-refractivity contribution in [3.63, 3.8) is 0 Å². The first kappa shape index (κ1) is 16.0. The smallest absolute Gasteiger partial charge is 0.394 e. The van der Waals surface area contributed by atoms with Crippen LogP contribution in [0.3, 0.4) is 0 Å². The predicted molar refractivity (Wildman–Crippen MR) is 68.8 cm³/mol. The van der Waals surface area contributed by atoms with Crippen LogP contribution in [0.5, 0.6) is 0 Å². The Morgan fingerprint density at radius 2 is 1.63 bits per heavy atom. The first-order valence-corrected chi connectivity index (χ1v) is 6.29. The second-order valence-corrected chi connectivity index (χ2v) is 5.02. The first-order valence-electron chi connectivity index (χ1n) is 6.29. The molecule has 0 saturated heterocycles. The molecule has 0 aromatic heterocycles. The van der Waals surface area contributed by atoms with E-state index in [0.29, 0.717) is 5.56 Å². The average molecular weight is 275 g/mol. The van der Waals surface area contributed by atoms with E-state index in [-0.39, 0.29) is 12.6 Å². The van der Waals surface area contributed by atoms with Gasteiger partial charge in [-0.1, -0.05) is 19.1 Å². The molecule has 0 aliphatic rings. The normalized spacial score (nSPS) is 17.0. The van der Waals surface area contributed by atoms with E-state index < -0.39 is 17.3 Å². The number of hydrogen-bond donors (Lipinski definition) is 2. The molecule has 5 heteroatoms. The highest BCUT2D eigenvalue weighted by molar-refractivity contribution is 5.29. The molecule has 0 fully saturated rings. The molecule has 2 nitrogen and oxygen atoms in total. The highest BCUT2D eigenvalue weighted by Crippen LogP contribution is 2.31. The third-order valence-electron chi connectivity index (χ3n) is 3.34. The third kappa shape index (κ3) is 3.94. The van der Waals surface area contributed by atoms with Gasteiger partial charge in [-0.3, -0.25) is 0 Å². The summed E-state index contributed by atoms with van der Waals surface area (Å²) in [5.41, 5.74) is -0.775. The van der Waals surface area contributed by atoms with Crippen molar-refractivity contribution in [2.45, 2.75) is 44.9 Å². The first-order chi connectivity index (χ1) is 8.73. The summed E-state index contributed by atoms with van der Waals surface area (Å²) in [5.74, 6) is 0. The molecule has 1 aromatic carbocycles. The molecule has 0 aliphatic heterocycles. The number of hydrogen-bond acceptors (Lipinski definition) is 2. The molecule has 2 atom stereocenters. The zero-order valence-corrected chi connectivity index (χ0v) is 11.4. The molecule has 0 spiro atoms. The van der Waals surface area contributed by atoms with Crippen LogP contribution in [0.15, 0.2) is 24.3 Å². The van der Waals surface area contributed by atoms with E-state index in [9.17, 15) is 18.3 Å². The van der Waals surface area contributed by atoms with E-state index in [2.05, 4.69) is 5.32 Å². The molecule has 1 aromatic rings. The summed E-state index contributed by atoms with van der Waals surface area (Å²) in [5, 5.41) is 12.8. The fraction of sp³-hybridized carbons (Fsp3) is 0.571. The fourth-order valence-electron chi connectivity index (χ4n) is 1.89. The van der Waals surface area contributed by atoms with E-state index in [1.165, 1.54) is 12.1 Å². The molecular weight excluding hydrogens is 255 g/mol. The minimum absolute atomic E-state index is 0.166. The molecule has 0 saturated carbocycles. The summed E-state index contributed by atoms with van der Waals surface area (Å²) in [6.45, 7) is 5.57. The summed E-state index contributed by atoms with van der Waals surface area (Å²) in [6.07, 6.45) is -3.46. The van der Waals surface area contributed by atoms with Gasteiger partial charge in [0.1, 0.15) is 0 Å². The number of nitrogens with one attached hydrogen (secondary N) is 1. The van der Waals surface area contributed by atoms with Crippen molar-refractivity contribution < 1.29 is 18.3 Å². The highest BCUT2D eigenvalue weighted by atomic mass is 19.4. The van der Waals surface area contributed by atoms with Crippen molar-refractivity contribution in [1.82, 2.24) is 5.32 Å². The van der Waals surface area contributed by atoms with Crippen LogP contribution in [0.25, 0.3) is 0 Å². The Bertz CT molecular complexity index is 402. The maximum Gasteiger partial charge on any atom is 0.416 e. The molecule has 108 valence electrons. The lowest BCUT2D eigenvalue weighted by atomic mass is 9.91. The molecule has 0 heterocycles. The lowest BCUT2D eigenvalue weighted by Gasteiger charge is -2.32. The van der Waals surface area contributed by atoms with Gasteiger partial charge in [-0.05, 0) is 38.0 Å². The molecule has 2 unspecified atom stereocenters. The number of aliphatic hydroxyl groups is 1. The highest BCUT2D eigenvalue weighted by Gasteiger charge is 2.32. The summed E-state index contributed by atoms with van der Waals surface area (Å²) < 4.78 is 37.5. The van der Waals surface area contributed by atoms with Crippen molar-refractivity contribution in [2.75, 3.05) is 6.61 Å². The van der Waals surface area contributed by atoms with Crippen molar-refractivity contribution in [3.05, 3.63) is 35.4 Å². The van der Waals surface area contributed by atoms with E-state index in [1.807, 2.05) is 13.8 Å². The molecule has 1 rings (SSSR count). The van der Waals surface area contributed by atoms with Gasteiger partial charge in [-0.2, -0.15) is 13.2 Å². The topological polar surface area (TPSA) is 32.3 Å². The van der Waals surface area contributed by atoms with E-state index in [4.69, 9.17) is 0 Å². The van der Waals surface area contributed by atoms with Crippen LogP contribution < -0.4 is 5.32 Å². The van der Waals surface area contributed by atoms with E-state index in [1.54, 1.807) is 6.92 Å². The van der Waals surface area contributed by atoms with E-state index >= 15 is 0 Å². The van der Waals surface area contributed by atoms with Crippen LogP contribution in [0, 0.1) is 0 Å². The summed E-state index contributed by atoms with van der Waals surface area (Å²) in [6, 6.07) is 5.07. The average Bonchev–Trinajstić information content (AvgIpc) is 2.37. The van der Waals surface area contributed by atoms with Crippen molar-refractivity contribution >= 4 is 0 Å². The van der Waals surface area contributed by atoms with Gasteiger partial charge in [0.15, 0.2) is 0 Å². The Hall–Kier alpha value is -1.07. The standard InChI is InChI=1S/C14H20F3NO/c1-4-10(2)18-13(3,9-19)11-5-7-12(8-6-11)14(15,16)17/h5-8,10,18-19H,4,9H2,1-3H3. The zero-order valence-electron chi connectivity index (χ0n) is 11.4. The lowest BCUT2D eigenvalue weighted by molar-refractivity contribution is -0.137. The van der Waals surface area contributed by atoms with Crippen LogP contribution >= 0.6 is 0 Å². The maximum absolute atomic E-state index is 12.5. The number of benzene rings is 1. The minimum atomic E-state index is -4.34. The number of rotatable bonds is 5. The van der Waals surface area contributed by atoms with Crippen molar-refractivity contribution in [1.29, 1.82) is 0 Å². The zero-order chi connectivity index (χ0) is 14.7. The molecule has 2 N–H and O–H groups in total. The summed E-state index contributed by atoms with van der Waals surface area (Å²) in [7, 11) is 0. The van der Waals surface area contributed by atoms with Gasteiger partial charge in [0.25, 0.3) is 0 Å². The molecular formula is C14H20F3NO. The third-order valence-corrected chi connectivity index (χ3v) is 3.34. The predicted octanol–water partition coefficient (Wildman–Crippen LogP) is 3.30. The fourth-order valence-corrected chi connectivity index (χ4v) is 1.89. The minimum Gasteiger partial charge on any atom is -0.394 e. The molecule has 0 radical (unpaired) electrons. The van der Waals surface area contributed by atoms with Crippen molar-refractivity contribution in [3.8, 4) is 0 Å². The Morgan fingerprint density at radius 3 is 2.00 bits per heavy atom. The van der Waals surface area contributed by atoms with Gasteiger partial charge in [-0.15, -0.1) is 0 Å². The summed E-state index contributed by atoms with van der Waals surface area (Å²) >= 11 is 0. The second-order valence-electron chi connectivity index (χ2n) is 5.02. The SMILES string of the molecule is CCC(C)NC(C)(CO)c1ccc(C(F)(F)F)cc1. The van der Waals surface area contributed by atoms with Crippen LogP contribution in [-0.2, 0) is 11.7 Å². The lowest BCUT2D eigenvalue weighted by Crippen LogP contribution is -2.47. The van der Waals surface area contributed by atoms with Crippen LogP contribution in [-0.4, -0.2) is 17.8 Å². The van der Waals surface area contributed by atoms with Gasteiger partial charge in [0, 0.05) is 6.04 Å². The number of alkyl halides is 3. The van der Waals surface area contributed by atoms with Gasteiger partial charge >= 0.3 is 6.18 Å². The maximum atomic E-state index is 12.5. The quantitative estimate of drug-likeness (QED) is 0.864. The Labute approximate surface area is 111 Å². The molecule has 0 bridgehead atoms. The Morgan fingerprint density at radius 1 is 1.16 bits per heavy atom. The van der Waals surface area contributed by atoms with Crippen molar-refractivity contribution in [2.24, 2.45) is 0 Å². The Balaban J connectivity index is 2.99. The molecule has 0 aliphatic carbocycles. The van der Waals surface area contributed by atoms with Gasteiger partial charge in [-0.25, -0.2) is 0 Å². The second kappa shape index (κ2) is 5.92. The Kier molecular flexibility index (Phi) is 4.98. The number of aliphatic hydroxyl groups excluding tert-OH is 1. The van der Waals surface area contributed by atoms with Crippen LogP contribution in [0.4, 0.5) is 13.2 Å². The largest absolute Gasteiger partial charge is 0.416 e. The van der Waals surface area contributed by atoms with Crippen LogP contribution in [0.2, 0.25) is 0 Å². The van der Waals surface area contributed by atoms with Crippen LogP contribution in [0.1, 0.15) is 38.3 Å². The summed E-state index contributed by atoms with van der Waals surface area (Å²) in [4.78, 5) is 0. The van der Waals surface area contributed by atoms with E-state index in [0.717, 1.165) is 18.6 Å². The monoisotopic (exact) mass is 275 g/mol. The molecule has 0 amide bonds. The number of halogens is 3. The van der Waals surface area contributed by atoms with Gasteiger partial charge in [0.05, 0.1) is 17.7 Å². The van der Waals surface area contributed by atoms with Gasteiger partial charge in [0.2, 0.25) is 0 Å². The molecule has 19 heavy (non-hydrogen) atoms.